The first-order chi connectivity index (χ1) is 13.9. The second-order valence-corrected chi connectivity index (χ2v) is 9.52. The van der Waals surface area contributed by atoms with Gasteiger partial charge in [-0.15, -0.1) is 0 Å². The average Bonchev–Trinajstić information content (AvgIpc) is 2.66. The van der Waals surface area contributed by atoms with Crippen LogP contribution in [0.4, 0.5) is 4.39 Å². The number of primary sulfonamides is 1. The minimum absolute atomic E-state index is 0.0955. The summed E-state index contributed by atoms with van der Waals surface area (Å²) in [6.45, 7) is 7.97. The molecule has 0 aliphatic heterocycles. The Balaban J connectivity index is 1.91. The first-order valence-corrected chi connectivity index (χ1v) is 11.3. The molecule has 2 aromatic rings. The van der Waals surface area contributed by atoms with Crippen LogP contribution in [-0.4, -0.2) is 43.3 Å². The molecular formula is C21H30FN3O4S. The Kier molecular flexibility index (Phi) is 7.93. The molecule has 0 unspecified atom stereocenters. The first kappa shape index (κ1) is 24.2. The average molecular weight is 440 g/mol. The van der Waals surface area contributed by atoms with Crippen molar-refractivity contribution in [3.05, 3.63) is 53.1 Å². The second-order valence-electron chi connectivity index (χ2n) is 7.96. The Morgan fingerprint density at radius 3 is 2.60 bits per heavy atom. The zero-order valence-corrected chi connectivity index (χ0v) is 18.6. The highest BCUT2D eigenvalue weighted by Crippen LogP contribution is 2.20. The van der Waals surface area contributed by atoms with Gasteiger partial charge in [0.25, 0.3) is 0 Å². The zero-order chi connectivity index (χ0) is 22.5. The van der Waals surface area contributed by atoms with E-state index < -0.39 is 27.5 Å². The molecule has 1 aromatic carbocycles. The quantitative estimate of drug-likeness (QED) is 0.522. The molecule has 0 amide bonds. The molecule has 7 nitrogen and oxygen atoms in total. The lowest BCUT2D eigenvalue weighted by Crippen LogP contribution is -2.46. The molecule has 1 heterocycles. The van der Waals surface area contributed by atoms with Crippen LogP contribution in [0, 0.1) is 12.7 Å². The third kappa shape index (κ3) is 7.02. The molecule has 2 rings (SSSR count). The van der Waals surface area contributed by atoms with E-state index in [0.717, 1.165) is 23.9 Å². The van der Waals surface area contributed by atoms with Gasteiger partial charge in [0.1, 0.15) is 24.3 Å². The van der Waals surface area contributed by atoms with Crippen molar-refractivity contribution in [2.45, 2.75) is 57.1 Å². The Bertz CT molecular complexity index is 980. The van der Waals surface area contributed by atoms with Crippen molar-refractivity contribution in [1.29, 1.82) is 0 Å². The number of ether oxygens (including phenoxy) is 1. The molecule has 0 aliphatic carbocycles. The van der Waals surface area contributed by atoms with Gasteiger partial charge in [0.15, 0.2) is 0 Å². The summed E-state index contributed by atoms with van der Waals surface area (Å²) >= 11 is 0. The summed E-state index contributed by atoms with van der Waals surface area (Å²) < 4.78 is 42.7. The van der Waals surface area contributed by atoms with Crippen molar-refractivity contribution >= 4 is 10.0 Å². The fourth-order valence-electron chi connectivity index (χ4n) is 3.01. The van der Waals surface area contributed by atoms with Crippen LogP contribution < -0.4 is 15.2 Å². The highest BCUT2D eigenvalue weighted by Gasteiger charge is 2.22. The van der Waals surface area contributed by atoms with Crippen molar-refractivity contribution in [2.75, 3.05) is 13.2 Å². The summed E-state index contributed by atoms with van der Waals surface area (Å²) in [5.41, 5.74) is 1.55. The number of sulfonamides is 1. The number of halogens is 1. The number of hydrogen-bond donors (Lipinski definition) is 3. The molecule has 1 atom stereocenters. The van der Waals surface area contributed by atoms with Crippen LogP contribution >= 0.6 is 0 Å². The minimum atomic E-state index is -3.95. The van der Waals surface area contributed by atoms with Gasteiger partial charge >= 0.3 is 0 Å². The molecular weight excluding hydrogens is 409 g/mol. The summed E-state index contributed by atoms with van der Waals surface area (Å²) in [5, 5.41) is 18.5. The predicted molar refractivity (Wildman–Crippen MR) is 113 cm³/mol. The maximum atomic E-state index is 14.3. The first-order valence-electron chi connectivity index (χ1n) is 9.75. The summed E-state index contributed by atoms with van der Waals surface area (Å²) in [7, 11) is -3.95. The molecule has 0 saturated carbocycles. The van der Waals surface area contributed by atoms with Crippen molar-refractivity contribution in [1.82, 2.24) is 10.3 Å². The minimum Gasteiger partial charge on any atom is -0.489 e. The number of hydrogen-bond acceptors (Lipinski definition) is 6. The van der Waals surface area contributed by atoms with E-state index >= 15 is 0 Å². The molecule has 1 aromatic heterocycles. The Morgan fingerprint density at radius 2 is 2.00 bits per heavy atom. The molecule has 0 spiro atoms. The van der Waals surface area contributed by atoms with Gasteiger partial charge in [0, 0.05) is 17.8 Å². The number of β-amino-alcohol motifs (C(OH)–C–C–N with tert-alkyl or cyclic N) is 1. The van der Waals surface area contributed by atoms with Gasteiger partial charge in [0.05, 0.1) is 10.6 Å². The van der Waals surface area contributed by atoms with E-state index in [-0.39, 0.29) is 18.0 Å². The standard InChI is InChI=1S/C21H30FN3O4S/c1-5-19-20(9-6-14(2)25-19)29-13-16(26)12-24-21(3,4)11-15-7-8-17(10-18(15)22)30(23,27)28/h6-10,16,24,26H,5,11-13H2,1-4H3,(H2,23,27,28)/t16-/m0/s1. The Hall–Kier alpha value is -2.07. The largest absolute Gasteiger partial charge is 0.489 e. The Labute approximate surface area is 177 Å². The summed E-state index contributed by atoms with van der Waals surface area (Å²) in [5.74, 6) is 0.0117. The van der Waals surface area contributed by atoms with E-state index in [9.17, 15) is 17.9 Å². The van der Waals surface area contributed by atoms with Gasteiger partial charge in [-0.25, -0.2) is 17.9 Å². The maximum Gasteiger partial charge on any atom is 0.238 e. The van der Waals surface area contributed by atoms with Crippen LogP contribution in [0.2, 0.25) is 0 Å². The van der Waals surface area contributed by atoms with Gasteiger partial charge in [-0.05, 0) is 63.4 Å². The van der Waals surface area contributed by atoms with E-state index in [1.807, 2.05) is 39.8 Å². The Morgan fingerprint density at radius 1 is 1.30 bits per heavy atom. The number of nitrogens with two attached hydrogens (primary N) is 1. The number of aliphatic hydroxyl groups excluding tert-OH is 1. The lowest BCUT2D eigenvalue weighted by atomic mass is 9.94. The summed E-state index contributed by atoms with van der Waals surface area (Å²) in [4.78, 5) is 4.16. The molecule has 0 fully saturated rings. The number of aliphatic hydroxyl groups is 1. The van der Waals surface area contributed by atoms with Crippen molar-refractivity contribution in [2.24, 2.45) is 5.14 Å². The smallest absolute Gasteiger partial charge is 0.238 e. The van der Waals surface area contributed by atoms with Gasteiger partial charge in [-0.1, -0.05) is 13.0 Å². The fourth-order valence-corrected chi connectivity index (χ4v) is 3.53. The van der Waals surface area contributed by atoms with Crippen molar-refractivity contribution in [3.8, 4) is 5.75 Å². The normalized spacial score (nSPS) is 13.3. The molecule has 166 valence electrons. The third-order valence-electron chi connectivity index (χ3n) is 4.64. The molecule has 0 radical (unpaired) electrons. The van der Waals surface area contributed by atoms with Gasteiger partial charge in [0.2, 0.25) is 10.0 Å². The van der Waals surface area contributed by atoms with E-state index in [1.165, 1.54) is 12.1 Å². The molecule has 0 bridgehead atoms. The highest BCUT2D eigenvalue weighted by molar-refractivity contribution is 7.89. The lowest BCUT2D eigenvalue weighted by molar-refractivity contribution is 0.0981. The fraction of sp³-hybridized carbons (Fsp3) is 0.476. The molecule has 4 N–H and O–H groups in total. The molecule has 30 heavy (non-hydrogen) atoms. The number of benzene rings is 1. The molecule has 0 aliphatic rings. The van der Waals surface area contributed by atoms with E-state index in [4.69, 9.17) is 9.88 Å². The van der Waals surface area contributed by atoms with Crippen LogP contribution in [0.1, 0.15) is 37.7 Å². The van der Waals surface area contributed by atoms with Crippen LogP contribution in [0.5, 0.6) is 5.75 Å². The summed E-state index contributed by atoms with van der Waals surface area (Å²) in [6.07, 6.45) is 0.248. The molecule has 0 saturated heterocycles. The zero-order valence-electron chi connectivity index (χ0n) is 17.8. The number of rotatable bonds is 10. The van der Waals surface area contributed by atoms with E-state index in [2.05, 4.69) is 10.3 Å². The SMILES string of the molecule is CCc1nc(C)ccc1OC[C@@H](O)CNC(C)(C)Cc1ccc(S(N)(=O)=O)cc1F. The van der Waals surface area contributed by atoms with Gasteiger partial charge < -0.3 is 15.2 Å². The van der Waals surface area contributed by atoms with Crippen LogP contribution in [0.25, 0.3) is 0 Å². The predicted octanol–water partition coefficient (Wildman–Crippen LogP) is 2.09. The van der Waals surface area contributed by atoms with Crippen LogP contribution in [-0.2, 0) is 22.9 Å². The number of aryl methyl sites for hydroxylation is 2. The molecule has 9 heteroatoms. The third-order valence-corrected chi connectivity index (χ3v) is 5.55. The summed E-state index contributed by atoms with van der Waals surface area (Å²) in [6, 6.07) is 7.32. The van der Waals surface area contributed by atoms with Crippen LogP contribution in [0.15, 0.2) is 35.2 Å². The van der Waals surface area contributed by atoms with E-state index in [0.29, 0.717) is 17.7 Å². The number of pyridine rings is 1. The maximum absolute atomic E-state index is 14.3. The van der Waals surface area contributed by atoms with Crippen molar-refractivity contribution in [3.63, 3.8) is 0 Å². The van der Waals surface area contributed by atoms with E-state index in [1.54, 1.807) is 0 Å². The second kappa shape index (κ2) is 9.82. The van der Waals surface area contributed by atoms with Gasteiger partial charge in [-0.3, -0.25) is 4.98 Å². The van der Waals surface area contributed by atoms with Crippen molar-refractivity contribution < 1.29 is 22.7 Å². The topological polar surface area (TPSA) is 115 Å². The van der Waals surface area contributed by atoms with Crippen LogP contribution in [0.3, 0.4) is 0 Å². The number of aromatic nitrogens is 1. The monoisotopic (exact) mass is 439 g/mol. The lowest BCUT2D eigenvalue weighted by Gasteiger charge is -2.28. The van der Waals surface area contributed by atoms with Gasteiger partial charge in [-0.2, -0.15) is 0 Å². The number of nitrogens with one attached hydrogen (secondary N) is 1. The number of nitrogens with zero attached hydrogens (tertiary/aromatic N) is 1. The highest BCUT2D eigenvalue weighted by atomic mass is 32.2.